The van der Waals surface area contributed by atoms with Crippen LogP contribution in [0.2, 0.25) is 0 Å². The summed E-state index contributed by atoms with van der Waals surface area (Å²) in [4.78, 5) is 0. The minimum absolute atomic E-state index is 0.596. The molecule has 0 amide bonds. The number of ether oxygens (including phenoxy) is 2. The van der Waals surface area contributed by atoms with Crippen molar-refractivity contribution in [3.8, 4) is 11.5 Å². The molecular formula is C15H18N2O3. The van der Waals surface area contributed by atoms with E-state index in [0.29, 0.717) is 18.0 Å². The van der Waals surface area contributed by atoms with Gasteiger partial charge >= 0.3 is 0 Å². The van der Waals surface area contributed by atoms with Crippen LogP contribution in [-0.2, 0) is 6.54 Å². The van der Waals surface area contributed by atoms with Crippen LogP contribution in [0.15, 0.2) is 46.1 Å². The van der Waals surface area contributed by atoms with Gasteiger partial charge in [0.25, 0.3) is 0 Å². The predicted molar refractivity (Wildman–Crippen MR) is 77.3 cm³/mol. The Balaban J connectivity index is 1.99. The molecule has 1 aromatic carbocycles. The molecule has 0 saturated heterocycles. The van der Waals surface area contributed by atoms with E-state index in [-0.39, 0.29) is 0 Å². The summed E-state index contributed by atoms with van der Waals surface area (Å²) in [5.41, 5.74) is 4.87. The highest BCUT2D eigenvalue weighted by atomic mass is 16.5. The average Bonchev–Trinajstić information content (AvgIpc) is 3.01. The number of nitrogens with one attached hydrogen (secondary N) is 1. The molecule has 0 saturated carbocycles. The van der Waals surface area contributed by atoms with Crippen molar-refractivity contribution in [1.82, 2.24) is 5.43 Å². The van der Waals surface area contributed by atoms with Gasteiger partial charge in [-0.25, -0.2) is 0 Å². The Morgan fingerprint density at radius 2 is 2.00 bits per heavy atom. The third-order valence-corrected chi connectivity index (χ3v) is 2.86. The molecule has 0 spiro atoms. The molecule has 2 rings (SSSR count). The maximum atomic E-state index is 5.26. The summed E-state index contributed by atoms with van der Waals surface area (Å²) in [6, 6.07) is 9.47. The van der Waals surface area contributed by atoms with E-state index < -0.39 is 0 Å². The molecule has 5 nitrogen and oxygen atoms in total. The summed E-state index contributed by atoms with van der Waals surface area (Å²) in [6.07, 6.45) is 1.63. The second-order valence-electron chi connectivity index (χ2n) is 4.20. The van der Waals surface area contributed by atoms with Gasteiger partial charge < -0.3 is 19.3 Å². The van der Waals surface area contributed by atoms with E-state index in [0.717, 1.165) is 17.0 Å². The second-order valence-corrected chi connectivity index (χ2v) is 4.20. The van der Waals surface area contributed by atoms with E-state index in [1.165, 1.54) is 0 Å². The summed E-state index contributed by atoms with van der Waals surface area (Å²) >= 11 is 0. The molecule has 0 radical (unpaired) electrons. The van der Waals surface area contributed by atoms with Gasteiger partial charge in [-0.15, -0.1) is 0 Å². The van der Waals surface area contributed by atoms with Gasteiger partial charge in [-0.3, -0.25) is 0 Å². The normalized spacial score (nSPS) is 11.2. The third-order valence-electron chi connectivity index (χ3n) is 2.86. The van der Waals surface area contributed by atoms with Crippen LogP contribution in [0.25, 0.3) is 0 Å². The van der Waals surface area contributed by atoms with Gasteiger partial charge in [0.2, 0.25) is 0 Å². The Morgan fingerprint density at radius 3 is 2.65 bits per heavy atom. The van der Waals surface area contributed by atoms with Gasteiger partial charge in [0.1, 0.15) is 5.76 Å². The van der Waals surface area contributed by atoms with Crippen LogP contribution in [-0.4, -0.2) is 19.9 Å². The van der Waals surface area contributed by atoms with Crippen LogP contribution in [0.5, 0.6) is 11.5 Å². The zero-order chi connectivity index (χ0) is 14.4. The summed E-state index contributed by atoms with van der Waals surface area (Å²) in [5, 5.41) is 4.26. The molecule has 20 heavy (non-hydrogen) atoms. The first kappa shape index (κ1) is 14.0. The Labute approximate surface area is 118 Å². The smallest absolute Gasteiger partial charge is 0.161 e. The zero-order valence-corrected chi connectivity index (χ0v) is 11.8. The Hall–Kier alpha value is -2.43. The second kappa shape index (κ2) is 6.65. The lowest BCUT2D eigenvalue weighted by Crippen LogP contribution is -2.09. The molecule has 1 N–H and O–H groups in total. The fourth-order valence-corrected chi connectivity index (χ4v) is 1.78. The van der Waals surface area contributed by atoms with Crippen LogP contribution >= 0.6 is 0 Å². The number of hydrazone groups is 1. The van der Waals surface area contributed by atoms with Crippen LogP contribution in [0.1, 0.15) is 18.2 Å². The number of benzene rings is 1. The molecule has 0 atom stereocenters. The summed E-state index contributed by atoms with van der Waals surface area (Å²) in [6.45, 7) is 2.48. The molecule has 0 aliphatic carbocycles. The standard InChI is InChI=1S/C15H18N2O3/c1-11(13-5-4-8-20-13)17-16-10-12-6-7-14(18-2)15(9-12)19-3/h4-9,16H,10H2,1-3H3/b17-11+. The van der Waals surface area contributed by atoms with Gasteiger partial charge in [0.05, 0.1) is 32.7 Å². The van der Waals surface area contributed by atoms with Crippen LogP contribution in [0, 0.1) is 0 Å². The van der Waals surface area contributed by atoms with E-state index in [9.17, 15) is 0 Å². The van der Waals surface area contributed by atoms with E-state index >= 15 is 0 Å². The number of hydrogen-bond donors (Lipinski definition) is 1. The minimum Gasteiger partial charge on any atom is -0.493 e. The maximum absolute atomic E-state index is 5.26. The largest absolute Gasteiger partial charge is 0.493 e. The van der Waals surface area contributed by atoms with Gasteiger partial charge in [0, 0.05) is 0 Å². The predicted octanol–water partition coefficient (Wildman–Crippen LogP) is 2.81. The maximum Gasteiger partial charge on any atom is 0.161 e. The van der Waals surface area contributed by atoms with Crippen molar-refractivity contribution in [2.45, 2.75) is 13.5 Å². The van der Waals surface area contributed by atoms with Crippen LogP contribution in [0.4, 0.5) is 0 Å². The molecule has 0 aliphatic heterocycles. The van der Waals surface area contributed by atoms with E-state index in [2.05, 4.69) is 10.5 Å². The van der Waals surface area contributed by atoms with Crippen LogP contribution < -0.4 is 14.9 Å². The number of furan rings is 1. The zero-order valence-electron chi connectivity index (χ0n) is 11.8. The number of nitrogens with zero attached hydrogens (tertiary/aromatic N) is 1. The van der Waals surface area contributed by atoms with Crippen molar-refractivity contribution in [3.05, 3.63) is 47.9 Å². The molecule has 1 heterocycles. The Kier molecular flexibility index (Phi) is 4.65. The molecule has 0 bridgehead atoms. The molecule has 0 unspecified atom stereocenters. The van der Waals surface area contributed by atoms with Crippen molar-refractivity contribution < 1.29 is 13.9 Å². The van der Waals surface area contributed by atoms with E-state index in [1.807, 2.05) is 37.3 Å². The summed E-state index contributed by atoms with van der Waals surface area (Å²) in [5.74, 6) is 2.18. The summed E-state index contributed by atoms with van der Waals surface area (Å²) in [7, 11) is 3.24. The first-order valence-electron chi connectivity index (χ1n) is 6.26. The fraction of sp³-hybridized carbons (Fsp3) is 0.267. The van der Waals surface area contributed by atoms with Gasteiger partial charge in [0.15, 0.2) is 11.5 Å². The van der Waals surface area contributed by atoms with Crippen molar-refractivity contribution in [3.63, 3.8) is 0 Å². The molecule has 1 aromatic heterocycles. The molecule has 5 heteroatoms. The number of rotatable bonds is 6. The Bertz CT molecular complexity index is 577. The fourth-order valence-electron chi connectivity index (χ4n) is 1.78. The average molecular weight is 274 g/mol. The van der Waals surface area contributed by atoms with E-state index in [4.69, 9.17) is 13.9 Å². The minimum atomic E-state index is 0.596. The van der Waals surface area contributed by atoms with Crippen molar-refractivity contribution in [1.29, 1.82) is 0 Å². The first-order chi connectivity index (χ1) is 9.74. The third kappa shape index (κ3) is 3.32. The number of hydrogen-bond acceptors (Lipinski definition) is 5. The first-order valence-corrected chi connectivity index (χ1v) is 6.26. The number of methoxy groups -OCH3 is 2. The lowest BCUT2D eigenvalue weighted by Gasteiger charge is -2.09. The highest BCUT2D eigenvalue weighted by Crippen LogP contribution is 2.27. The van der Waals surface area contributed by atoms with Crippen molar-refractivity contribution in [2.24, 2.45) is 5.10 Å². The SMILES string of the molecule is COc1ccc(CN/N=C(\C)c2ccco2)cc1OC. The molecule has 0 aliphatic rings. The molecular weight excluding hydrogens is 256 g/mol. The highest BCUT2D eigenvalue weighted by molar-refractivity contribution is 5.95. The summed E-state index contributed by atoms with van der Waals surface area (Å²) < 4.78 is 15.7. The van der Waals surface area contributed by atoms with Crippen LogP contribution in [0.3, 0.4) is 0 Å². The molecule has 0 fully saturated rings. The van der Waals surface area contributed by atoms with E-state index in [1.54, 1.807) is 20.5 Å². The Morgan fingerprint density at radius 1 is 1.20 bits per heavy atom. The van der Waals surface area contributed by atoms with Crippen molar-refractivity contribution in [2.75, 3.05) is 14.2 Å². The topological polar surface area (TPSA) is 56.0 Å². The highest BCUT2D eigenvalue weighted by Gasteiger charge is 2.04. The van der Waals surface area contributed by atoms with Gasteiger partial charge in [-0.2, -0.15) is 5.10 Å². The monoisotopic (exact) mass is 274 g/mol. The van der Waals surface area contributed by atoms with Gasteiger partial charge in [-0.1, -0.05) is 6.07 Å². The van der Waals surface area contributed by atoms with Crippen molar-refractivity contribution >= 4 is 5.71 Å². The molecule has 2 aromatic rings. The molecule has 106 valence electrons. The lowest BCUT2D eigenvalue weighted by molar-refractivity contribution is 0.354. The quantitative estimate of drug-likeness (QED) is 0.650. The van der Waals surface area contributed by atoms with Gasteiger partial charge in [-0.05, 0) is 36.8 Å². The lowest BCUT2D eigenvalue weighted by atomic mass is 10.2.